The van der Waals surface area contributed by atoms with E-state index in [1.54, 1.807) is 6.92 Å². The maximum atomic E-state index is 11.2. The normalized spacial score (nSPS) is 20.8. The third-order valence-corrected chi connectivity index (χ3v) is 3.44. The summed E-state index contributed by atoms with van der Waals surface area (Å²) in [5, 5.41) is 20.0. The first kappa shape index (κ1) is 14.1. The van der Waals surface area contributed by atoms with Crippen LogP contribution in [0.4, 0.5) is 5.69 Å². The van der Waals surface area contributed by atoms with Crippen molar-refractivity contribution in [3.8, 4) is 11.5 Å². The summed E-state index contributed by atoms with van der Waals surface area (Å²) in [5.41, 5.74) is -1.07. The number of rotatable bonds is 2. The Hall–Kier alpha value is -2.31. The number of carbonyl (C=O) groups is 1. The van der Waals surface area contributed by atoms with Gasteiger partial charge in [0.15, 0.2) is 11.5 Å². The molecule has 1 atom stereocenters. The summed E-state index contributed by atoms with van der Waals surface area (Å²) in [6.45, 7) is 7.28. The Balaban J connectivity index is 2.59. The number of fused-ring (bicyclic) bond motifs is 1. The van der Waals surface area contributed by atoms with Crippen LogP contribution in [0.15, 0.2) is 12.1 Å². The van der Waals surface area contributed by atoms with Gasteiger partial charge in [-0.3, -0.25) is 10.1 Å². The number of carboxylic acids is 1. The summed E-state index contributed by atoms with van der Waals surface area (Å²) in [5.74, 6) is -2.28. The van der Waals surface area contributed by atoms with Gasteiger partial charge in [-0.25, -0.2) is 4.79 Å². The minimum atomic E-state index is -1.30. The van der Waals surface area contributed by atoms with E-state index in [0.717, 1.165) is 6.07 Å². The van der Waals surface area contributed by atoms with Crippen molar-refractivity contribution in [1.29, 1.82) is 0 Å². The first-order valence-corrected chi connectivity index (χ1v) is 5.99. The fourth-order valence-corrected chi connectivity index (χ4v) is 1.76. The van der Waals surface area contributed by atoms with E-state index >= 15 is 0 Å². The number of nitro groups is 1. The van der Waals surface area contributed by atoms with Gasteiger partial charge in [-0.2, -0.15) is 0 Å². The minimum Gasteiger partial charge on any atom is -0.478 e. The predicted molar refractivity (Wildman–Crippen MR) is 69.2 cm³/mol. The lowest BCUT2D eigenvalue weighted by Gasteiger charge is -2.35. The van der Waals surface area contributed by atoms with E-state index in [1.165, 1.54) is 6.07 Å². The van der Waals surface area contributed by atoms with Crippen LogP contribution in [0.1, 0.15) is 38.1 Å². The van der Waals surface area contributed by atoms with Gasteiger partial charge < -0.3 is 14.6 Å². The van der Waals surface area contributed by atoms with Crippen LogP contribution in [-0.2, 0) is 0 Å². The Labute approximate surface area is 115 Å². The van der Waals surface area contributed by atoms with E-state index in [-0.39, 0.29) is 22.7 Å². The second-order valence-corrected chi connectivity index (χ2v) is 5.78. The van der Waals surface area contributed by atoms with E-state index in [0.29, 0.717) is 0 Å². The van der Waals surface area contributed by atoms with Gasteiger partial charge in [0.2, 0.25) is 0 Å². The molecule has 0 unspecified atom stereocenters. The highest BCUT2D eigenvalue weighted by Gasteiger charge is 2.49. The van der Waals surface area contributed by atoms with Crippen molar-refractivity contribution in [2.75, 3.05) is 0 Å². The number of hydrogen-bond donors (Lipinski definition) is 1. The molecule has 2 rings (SSSR count). The van der Waals surface area contributed by atoms with Crippen LogP contribution >= 0.6 is 0 Å². The largest absolute Gasteiger partial charge is 0.478 e. The molecular formula is C13H15NO6. The van der Waals surface area contributed by atoms with Crippen molar-refractivity contribution in [1.82, 2.24) is 0 Å². The fraction of sp³-hybridized carbons (Fsp3) is 0.462. The summed E-state index contributed by atoms with van der Waals surface area (Å²) in [7, 11) is 0. The molecule has 7 nitrogen and oxygen atoms in total. The SMILES string of the molecule is CC(C)(C)[C@]1(C)Oc2cc([N+](=O)[O-])cc(C(=O)O)c2O1. The first-order valence-electron chi connectivity index (χ1n) is 5.99. The average molecular weight is 281 g/mol. The van der Waals surface area contributed by atoms with E-state index in [2.05, 4.69) is 0 Å². The number of nitrogens with zero attached hydrogens (tertiary/aromatic N) is 1. The molecule has 1 N–H and O–H groups in total. The van der Waals surface area contributed by atoms with Gasteiger partial charge in [-0.15, -0.1) is 0 Å². The molecule has 108 valence electrons. The highest BCUT2D eigenvalue weighted by Crippen LogP contribution is 2.49. The van der Waals surface area contributed by atoms with Crippen molar-refractivity contribution >= 4 is 11.7 Å². The number of non-ortho nitro benzene ring substituents is 1. The zero-order chi connectivity index (χ0) is 15.3. The second-order valence-electron chi connectivity index (χ2n) is 5.78. The molecule has 0 saturated carbocycles. The molecule has 0 amide bonds. The van der Waals surface area contributed by atoms with Crippen molar-refractivity contribution in [2.24, 2.45) is 5.41 Å². The lowest BCUT2D eigenvalue weighted by molar-refractivity contribution is -0.385. The molecule has 1 aromatic rings. The number of nitro benzene ring substituents is 1. The average Bonchev–Trinajstić information content (AvgIpc) is 2.63. The third kappa shape index (κ3) is 2.04. The molecule has 7 heteroatoms. The van der Waals surface area contributed by atoms with Crippen molar-refractivity contribution in [2.45, 2.75) is 33.5 Å². The van der Waals surface area contributed by atoms with Gasteiger partial charge in [0.25, 0.3) is 11.5 Å². The molecule has 1 heterocycles. The maximum Gasteiger partial charge on any atom is 0.339 e. The molecule has 0 fully saturated rings. The maximum absolute atomic E-state index is 11.2. The predicted octanol–water partition coefficient (Wildman–Crippen LogP) is 2.83. The molecule has 0 saturated heterocycles. The van der Waals surface area contributed by atoms with Gasteiger partial charge in [-0.1, -0.05) is 20.8 Å². The van der Waals surface area contributed by atoms with E-state index in [9.17, 15) is 20.0 Å². The number of benzene rings is 1. The summed E-state index contributed by atoms with van der Waals surface area (Å²) in [4.78, 5) is 21.4. The zero-order valence-corrected chi connectivity index (χ0v) is 11.6. The molecule has 1 aromatic carbocycles. The molecule has 0 bridgehead atoms. The van der Waals surface area contributed by atoms with Crippen LogP contribution in [0.3, 0.4) is 0 Å². The lowest BCUT2D eigenvalue weighted by atomic mass is 9.87. The van der Waals surface area contributed by atoms with E-state index in [1.807, 2.05) is 20.8 Å². The zero-order valence-electron chi connectivity index (χ0n) is 11.6. The molecule has 20 heavy (non-hydrogen) atoms. The van der Waals surface area contributed by atoms with Crippen LogP contribution in [0.5, 0.6) is 11.5 Å². The van der Waals surface area contributed by atoms with Gasteiger partial charge in [0.05, 0.1) is 11.0 Å². The smallest absolute Gasteiger partial charge is 0.339 e. The van der Waals surface area contributed by atoms with Crippen LogP contribution in [0.2, 0.25) is 0 Å². The third-order valence-electron chi connectivity index (χ3n) is 3.44. The fourth-order valence-electron chi connectivity index (χ4n) is 1.76. The monoisotopic (exact) mass is 281 g/mol. The Kier molecular flexibility index (Phi) is 2.89. The molecule has 1 aliphatic heterocycles. The Bertz CT molecular complexity index is 604. The van der Waals surface area contributed by atoms with Gasteiger partial charge >= 0.3 is 5.97 Å². The number of ether oxygens (including phenoxy) is 2. The summed E-state index contributed by atoms with van der Waals surface area (Å²) >= 11 is 0. The summed E-state index contributed by atoms with van der Waals surface area (Å²) < 4.78 is 11.3. The molecule has 1 aliphatic rings. The van der Waals surface area contributed by atoms with Crippen molar-refractivity contribution in [3.05, 3.63) is 27.8 Å². The minimum absolute atomic E-state index is 0.0283. The second kappa shape index (κ2) is 4.09. The summed E-state index contributed by atoms with van der Waals surface area (Å²) in [6.07, 6.45) is 0. The first-order chi connectivity index (χ1) is 9.05. The number of hydrogen-bond acceptors (Lipinski definition) is 5. The Morgan fingerprint density at radius 3 is 2.40 bits per heavy atom. The van der Waals surface area contributed by atoms with Crippen molar-refractivity contribution < 1.29 is 24.3 Å². The number of carboxylic acid groups (broad SMARTS) is 1. The molecule has 0 aromatic heterocycles. The topological polar surface area (TPSA) is 98.9 Å². The van der Waals surface area contributed by atoms with E-state index < -0.39 is 22.1 Å². The van der Waals surface area contributed by atoms with Crippen LogP contribution in [-0.4, -0.2) is 21.8 Å². The van der Waals surface area contributed by atoms with Gasteiger partial charge in [0.1, 0.15) is 5.56 Å². The van der Waals surface area contributed by atoms with Gasteiger partial charge in [-0.05, 0) is 0 Å². The lowest BCUT2D eigenvalue weighted by Crippen LogP contribution is -2.47. The molecule has 0 aliphatic carbocycles. The summed E-state index contributed by atoms with van der Waals surface area (Å²) in [6, 6.07) is 2.15. The van der Waals surface area contributed by atoms with Crippen LogP contribution < -0.4 is 9.47 Å². The van der Waals surface area contributed by atoms with Gasteiger partial charge in [0, 0.05) is 18.4 Å². The highest BCUT2D eigenvalue weighted by molar-refractivity contribution is 5.93. The van der Waals surface area contributed by atoms with Crippen LogP contribution in [0.25, 0.3) is 0 Å². The van der Waals surface area contributed by atoms with Crippen LogP contribution in [0, 0.1) is 15.5 Å². The van der Waals surface area contributed by atoms with Crippen molar-refractivity contribution in [3.63, 3.8) is 0 Å². The highest BCUT2D eigenvalue weighted by atomic mass is 16.7. The Morgan fingerprint density at radius 2 is 1.95 bits per heavy atom. The standard InChI is InChI=1S/C13H15NO6/c1-12(2,3)13(4)19-9-6-7(14(17)18)5-8(11(15)16)10(9)20-13/h5-6H,1-4H3,(H,15,16)/t13-/m1/s1. The molecule has 0 spiro atoms. The Morgan fingerprint density at radius 1 is 1.35 bits per heavy atom. The molecular weight excluding hydrogens is 266 g/mol. The number of aromatic carboxylic acids is 1. The molecule has 0 radical (unpaired) electrons. The quantitative estimate of drug-likeness (QED) is 0.661. The van der Waals surface area contributed by atoms with E-state index in [4.69, 9.17) is 9.47 Å².